The van der Waals surface area contributed by atoms with Crippen molar-refractivity contribution in [2.24, 2.45) is 0 Å². The molecule has 1 aromatic heterocycles. The lowest BCUT2D eigenvalue weighted by Gasteiger charge is -2.05. The molecule has 3 N–H and O–H groups in total. The summed E-state index contributed by atoms with van der Waals surface area (Å²) in [6, 6.07) is 6.63. The van der Waals surface area contributed by atoms with E-state index in [0.29, 0.717) is 15.8 Å². The van der Waals surface area contributed by atoms with Crippen molar-refractivity contribution in [3.8, 4) is 0 Å². The van der Waals surface area contributed by atoms with E-state index in [1.807, 2.05) is 0 Å². The molecule has 0 saturated heterocycles. The summed E-state index contributed by atoms with van der Waals surface area (Å²) in [5, 5.41) is 9.91. The molecule has 0 fully saturated rings. The molecular formula is C12H11ClN4OS. The van der Waals surface area contributed by atoms with E-state index in [1.165, 1.54) is 16.2 Å². The van der Waals surface area contributed by atoms with Crippen LogP contribution in [-0.4, -0.2) is 11.0 Å². The molecule has 7 heteroatoms. The first-order valence-corrected chi connectivity index (χ1v) is 6.93. The zero-order valence-electron chi connectivity index (χ0n) is 9.87. The molecule has 98 valence electrons. The fourth-order valence-corrected chi connectivity index (χ4v) is 2.87. The van der Waals surface area contributed by atoms with Gasteiger partial charge >= 0.3 is 6.03 Å². The Hall–Kier alpha value is -1.63. The topological polar surface area (TPSA) is 66.0 Å². The number of thiazole rings is 1. The van der Waals surface area contributed by atoms with E-state index in [9.17, 15) is 4.79 Å². The zero-order valence-corrected chi connectivity index (χ0v) is 11.4. The molecule has 0 aliphatic carbocycles. The second-order valence-electron chi connectivity index (χ2n) is 4.08. The summed E-state index contributed by atoms with van der Waals surface area (Å²) in [4.78, 5) is 17.3. The second kappa shape index (κ2) is 5.16. The number of anilines is 2. The Balaban J connectivity index is 1.63. The van der Waals surface area contributed by atoms with E-state index in [4.69, 9.17) is 11.6 Å². The van der Waals surface area contributed by atoms with Crippen LogP contribution in [0.5, 0.6) is 0 Å². The molecule has 5 nitrogen and oxygen atoms in total. The highest BCUT2D eigenvalue weighted by atomic mass is 35.5. The van der Waals surface area contributed by atoms with Gasteiger partial charge in [0.05, 0.1) is 5.69 Å². The van der Waals surface area contributed by atoms with Crippen LogP contribution in [-0.2, 0) is 13.1 Å². The number of hydrogen-bond donors (Lipinski definition) is 3. The number of fused-ring (bicyclic) bond motifs is 1. The molecule has 0 bridgehead atoms. The van der Waals surface area contributed by atoms with E-state index < -0.39 is 0 Å². The van der Waals surface area contributed by atoms with Crippen LogP contribution < -0.4 is 16.0 Å². The van der Waals surface area contributed by atoms with Gasteiger partial charge in [-0.2, -0.15) is 0 Å². The fourth-order valence-electron chi connectivity index (χ4n) is 1.80. The van der Waals surface area contributed by atoms with Crippen molar-refractivity contribution in [2.75, 3.05) is 10.6 Å². The number of amides is 2. The molecule has 0 spiro atoms. The molecule has 1 aliphatic rings. The molecule has 0 saturated carbocycles. The number of carbonyl (C=O) groups excluding carboxylic acids is 1. The van der Waals surface area contributed by atoms with Crippen molar-refractivity contribution < 1.29 is 4.79 Å². The smallest absolute Gasteiger partial charge is 0.308 e. The third-order valence-corrected chi connectivity index (χ3v) is 3.94. The Bertz CT molecular complexity index is 589. The summed E-state index contributed by atoms with van der Waals surface area (Å²) in [6.07, 6.45) is 0. The number of urea groups is 1. The summed E-state index contributed by atoms with van der Waals surface area (Å²) in [7, 11) is 0. The van der Waals surface area contributed by atoms with Crippen molar-refractivity contribution in [2.45, 2.75) is 13.1 Å². The number of carbonyl (C=O) groups is 1. The molecule has 0 unspecified atom stereocenters. The van der Waals surface area contributed by atoms with Crippen molar-refractivity contribution in [1.29, 1.82) is 0 Å². The van der Waals surface area contributed by atoms with Crippen molar-refractivity contribution in [3.05, 3.63) is 39.9 Å². The maximum atomic E-state index is 11.8. The highest BCUT2D eigenvalue weighted by Crippen LogP contribution is 2.26. The molecule has 2 aromatic rings. The van der Waals surface area contributed by atoms with Gasteiger partial charge in [-0.05, 0) is 24.3 Å². The molecule has 1 aromatic carbocycles. The number of nitrogens with one attached hydrogen (secondary N) is 3. The van der Waals surface area contributed by atoms with Crippen LogP contribution >= 0.6 is 22.9 Å². The number of aromatic nitrogens is 1. The number of halogens is 1. The average Bonchev–Trinajstić information content (AvgIpc) is 2.92. The van der Waals surface area contributed by atoms with Crippen LogP contribution in [0, 0.1) is 0 Å². The minimum Gasteiger partial charge on any atom is -0.308 e. The minimum atomic E-state index is -0.303. The predicted molar refractivity (Wildman–Crippen MR) is 76.8 cm³/mol. The van der Waals surface area contributed by atoms with Crippen LogP contribution in [0.15, 0.2) is 24.3 Å². The van der Waals surface area contributed by atoms with E-state index in [2.05, 4.69) is 20.9 Å². The quantitative estimate of drug-likeness (QED) is 0.797. The van der Waals surface area contributed by atoms with Gasteiger partial charge in [-0.25, -0.2) is 9.78 Å². The molecular weight excluding hydrogens is 284 g/mol. The molecule has 1 aliphatic heterocycles. The highest BCUT2D eigenvalue weighted by molar-refractivity contribution is 7.15. The molecule has 2 amide bonds. The number of hydrogen-bond acceptors (Lipinski definition) is 4. The van der Waals surface area contributed by atoms with E-state index >= 15 is 0 Å². The lowest BCUT2D eigenvalue weighted by atomic mass is 10.3. The van der Waals surface area contributed by atoms with Gasteiger partial charge in [-0.3, -0.25) is 5.32 Å². The van der Waals surface area contributed by atoms with E-state index in [0.717, 1.165) is 18.8 Å². The molecule has 3 rings (SSSR count). The number of benzene rings is 1. The van der Waals surface area contributed by atoms with Gasteiger partial charge in [0.1, 0.15) is 0 Å². The van der Waals surface area contributed by atoms with Crippen molar-refractivity contribution >= 4 is 39.8 Å². The number of nitrogens with zero attached hydrogens (tertiary/aromatic N) is 1. The first-order chi connectivity index (χ1) is 9.20. The first kappa shape index (κ1) is 12.4. The highest BCUT2D eigenvalue weighted by Gasteiger charge is 2.17. The third kappa shape index (κ3) is 2.86. The monoisotopic (exact) mass is 294 g/mol. The van der Waals surface area contributed by atoms with Crippen molar-refractivity contribution in [3.63, 3.8) is 0 Å². The maximum absolute atomic E-state index is 11.8. The van der Waals surface area contributed by atoms with Crippen molar-refractivity contribution in [1.82, 2.24) is 10.3 Å². The van der Waals surface area contributed by atoms with Gasteiger partial charge in [0.25, 0.3) is 0 Å². The molecule has 19 heavy (non-hydrogen) atoms. The summed E-state index contributed by atoms with van der Waals surface area (Å²) in [5.74, 6) is 0. The van der Waals surface area contributed by atoms with Crippen LogP contribution in [0.4, 0.5) is 15.6 Å². The summed E-state index contributed by atoms with van der Waals surface area (Å²) < 4.78 is 0. The summed E-state index contributed by atoms with van der Waals surface area (Å²) in [5.41, 5.74) is 1.71. The first-order valence-electron chi connectivity index (χ1n) is 5.73. The third-order valence-electron chi connectivity index (χ3n) is 2.68. The predicted octanol–water partition coefficient (Wildman–Crippen LogP) is 3.04. The summed E-state index contributed by atoms with van der Waals surface area (Å²) in [6.45, 7) is 1.60. The van der Waals surface area contributed by atoms with E-state index in [-0.39, 0.29) is 6.03 Å². The largest absolute Gasteiger partial charge is 0.325 e. The zero-order chi connectivity index (χ0) is 13.2. The maximum Gasteiger partial charge on any atom is 0.325 e. The number of rotatable bonds is 2. The van der Waals surface area contributed by atoms with Gasteiger partial charge < -0.3 is 10.6 Å². The second-order valence-corrected chi connectivity index (χ2v) is 5.60. The average molecular weight is 295 g/mol. The fraction of sp³-hybridized carbons (Fsp3) is 0.167. The van der Waals surface area contributed by atoms with Gasteiger partial charge in [0.15, 0.2) is 5.13 Å². The lowest BCUT2D eigenvalue weighted by molar-refractivity contribution is 0.262. The Morgan fingerprint density at radius 1 is 1.26 bits per heavy atom. The molecule has 0 radical (unpaired) electrons. The Morgan fingerprint density at radius 3 is 2.79 bits per heavy atom. The Labute approximate surface area is 119 Å². The van der Waals surface area contributed by atoms with Crippen LogP contribution in [0.2, 0.25) is 5.02 Å². The molecule has 0 atom stereocenters. The standard InChI is InChI=1S/C12H11ClN4OS/c13-7-1-3-8(4-2-7)15-11(18)17-12-16-9-5-14-6-10(9)19-12/h1-4,14H,5-6H2,(H2,15,16,17,18). The van der Waals surface area contributed by atoms with E-state index in [1.54, 1.807) is 24.3 Å². The lowest BCUT2D eigenvalue weighted by Crippen LogP contribution is -2.19. The van der Waals surface area contributed by atoms with Crippen LogP contribution in [0.3, 0.4) is 0 Å². The molecule has 2 heterocycles. The Morgan fingerprint density at radius 2 is 2.05 bits per heavy atom. The SMILES string of the molecule is O=C(Nc1ccc(Cl)cc1)Nc1nc2c(s1)CNC2. The van der Waals surface area contributed by atoms with Crippen LogP contribution in [0.1, 0.15) is 10.6 Å². The van der Waals surface area contributed by atoms with Gasteiger partial charge in [0, 0.05) is 28.7 Å². The van der Waals surface area contributed by atoms with Gasteiger partial charge in [-0.15, -0.1) is 0 Å². The van der Waals surface area contributed by atoms with Gasteiger partial charge in [0.2, 0.25) is 0 Å². The summed E-state index contributed by atoms with van der Waals surface area (Å²) >= 11 is 7.27. The van der Waals surface area contributed by atoms with Crippen LogP contribution in [0.25, 0.3) is 0 Å². The minimum absolute atomic E-state index is 0.303. The van der Waals surface area contributed by atoms with Gasteiger partial charge in [-0.1, -0.05) is 22.9 Å². The normalized spacial score (nSPS) is 13.1. The Kier molecular flexibility index (Phi) is 3.37.